The molecule has 3 heterocycles. The van der Waals surface area contributed by atoms with Crippen LogP contribution < -0.4 is 10.1 Å². The molecule has 2 N–H and O–H groups in total. The number of ether oxygens (including phenoxy) is 1. The van der Waals surface area contributed by atoms with E-state index in [0.717, 1.165) is 18.6 Å². The van der Waals surface area contributed by atoms with E-state index in [0.29, 0.717) is 31.0 Å². The molecule has 0 unspecified atom stereocenters. The molecule has 1 aliphatic rings. The number of hydrogen-bond donors (Lipinski definition) is 2. The largest absolute Gasteiger partial charge is 0.489 e. The molecule has 0 saturated carbocycles. The number of rotatable bonds is 6. The first-order chi connectivity index (χ1) is 12.6. The summed E-state index contributed by atoms with van der Waals surface area (Å²) < 4.78 is 5.91. The number of aliphatic hydroxyl groups is 1. The predicted molar refractivity (Wildman–Crippen MR) is 98.2 cm³/mol. The van der Waals surface area contributed by atoms with Gasteiger partial charge in [0, 0.05) is 44.9 Å². The van der Waals surface area contributed by atoms with Crippen molar-refractivity contribution in [3.05, 3.63) is 48.4 Å². The zero-order chi connectivity index (χ0) is 18.4. The number of carbonyl (C=O) groups excluding carboxylic acids is 1. The molecule has 0 aliphatic carbocycles. The van der Waals surface area contributed by atoms with Gasteiger partial charge in [0.1, 0.15) is 17.7 Å². The smallest absolute Gasteiger partial charge is 0.255 e. The highest BCUT2D eigenvalue weighted by Crippen LogP contribution is 2.19. The van der Waals surface area contributed by atoms with Crippen molar-refractivity contribution >= 4 is 11.7 Å². The lowest BCUT2D eigenvalue weighted by Gasteiger charge is -2.32. The Hall–Kier alpha value is -2.67. The maximum absolute atomic E-state index is 12.6. The summed E-state index contributed by atoms with van der Waals surface area (Å²) in [5.41, 5.74) is 0.569. The zero-order valence-corrected chi connectivity index (χ0v) is 14.8. The van der Waals surface area contributed by atoms with Gasteiger partial charge in [-0.2, -0.15) is 0 Å². The molecule has 0 radical (unpaired) electrons. The Bertz CT molecular complexity index is 698. The first-order valence-corrected chi connectivity index (χ1v) is 8.86. The van der Waals surface area contributed by atoms with E-state index in [2.05, 4.69) is 15.3 Å². The number of pyridine rings is 2. The van der Waals surface area contributed by atoms with Crippen molar-refractivity contribution in [2.45, 2.75) is 32.0 Å². The highest BCUT2D eigenvalue weighted by atomic mass is 16.5. The van der Waals surface area contributed by atoms with Crippen molar-refractivity contribution in [3.8, 4) is 5.75 Å². The molecular formula is C19H24N4O3. The normalized spacial score (nSPS) is 16.2. The van der Waals surface area contributed by atoms with Crippen LogP contribution in [0.25, 0.3) is 0 Å². The summed E-state index contributed by atoms with van der Waals surface area (Å²) in [6.07, 6.45) is 6.24. The van der Waals surface area contributed by atoms with Gasteiger partial charge in [-0.25, -0.2) is 4.98 Å². The topological polar surface area (TPSA) is 87.6 Å². The van der Waals surface area contributed by atoms with E-state index < -0.39 is 6.10 Å². The van der Waals surface area contributed by atoms with Crippen LogP contribution in [0.15, 0.2) is 42.9 Å². The maximum Gasteiger partial charge on any atom is 0.255 e. The van der Waals surface area contributed by atoms with Crippen LogP contribution in [0, 0.1) is 0 Å². The van der Waals surface area contributed by atoms with Gasteiger partial charge in [-0.3, -0.25) is 9.78 Å². The van der Waals surface area contributed by atoms with Gasteiger partial charge in [0.05, 0.1) is 17.9 Å². The third-order valence-electron chi connectivity index (χ3n) is 4.26. The van der Waals surface area contributed by atoms with E-state index in [4.69, 9.17) is 4.74 Å². The van der Waals surface area contributed by atoms with Gasteiger partial charge in [0.25, 0.3) is 5.91 Å². The number of nitrogens with zero attached hydrogens (tertiary/aromatic N) is 3. The molecule has 1 saturated heterocycles. The van der Waals surface area contributed by atoms with E-state index >= 15 is 0 Å². The molecule has 0 spiro atoms. The number of piperidine rings is 1. The van der Waals surface area contributed by atoms with Crippen LogP contribution in [0.4, 0.5) is 5.82 Å². The lowest BCUT2D eigenvalue weighted by Crippen LogP contribution is -2.41. The Balaban J connectivity index is 1.50. The Labute approximate surface area is 153 Å². The number of aromatic nitrogens is 2. The zero-order valence-electron chi connectivity index (χ0n) is 14.8. The van der Waals surface area contributed by atoms with Crippen molar-refractivity contribution in [1.82, 2.24) is 14.9 Å². The van der Waals surface area contributed by atoms with Gasteiger partial charge >= 0.3 is 0 Å². The summed E-state index contributed by atoms with van der Waals surface area (Å²) in [7, 11) is 0. The summed E-state index contributed by atoms with van der Waals surface area (Å²) in [6.45, 7) is 3.44. The highest BCUT2D eigenvalue weighted by molar-refractivity contribution is 5.94. The second-order valence-corrected chi connectivity index (χ2v) is 6.46. The molecule has 1 fully saturated rings. The van der Waals surface area contributed by atoms with Gasteiger partial charge in [0.2, 0.25) is 0 Å². The van der Waals surface area contributed by atoms with E-state index in [1.807, 2.05) is 17.0 Å². The van der Waals surface area contributed by atoms with Crippen LogP contribution in [0.3, 0.4) is 0 Å². The maximum atomic E-state index is 12.6. The first kappa shape index (κ1) is 18.1. The Kier molecular flexibility index (Phi) is 6.01. The van der Waals surface area contributed by atoms with Crippen molar-refractivity contribution in [2.75, 3.05) is 25.0 Å². The van der Waals surface area contributed by atoms with Crippen molar-refractivity contribution in [2.24, 2.45) is 0 Å². The van der Waals surface area contributed by atoms with Crippen LogP contribution in [0.2, 0.25) is 0 Å². The van der Waals surface area contributed by atoms with Gasteiger partial charge in [-0.15, -0.1) is 0 Å². The molecule has 2 aromatic heterocycles. The molecule has 3 rings (SSSR count). The number of aliphatic hydroxyl groups excluding tert-OH is 1. The number of nitrogens with one attached hydrogen (secondary N) is 1. The summed E-state index contributed by atoms with van der Waals surface area (Å²) in [5.74, 6) is 1.40. The lowest BCUT2D eigenvalue weighted by molar-refractivity contribution is 0.0594. The molecule has 1 aliphatic heterocycles. The number of likely N-dealkylation sites (tertiary alicyclic amines) is 1. The molecule has 1 atom stereocenters. The summed E-state index contributed by atoms with van der Waals surface area (Å²) in [5, 5.41) is 12.3. The predicted octanol–water partition coefficient (Wildman–Crippen LogP) is 1.95. The van der Waals surface area contributed by atoms with E-state index in [1.165, 1.54) is 0 Å². The Morgan fingerprint density at radius 3 is 2.77 bits per heavy atom. The molecule has 7 nitrogen and oxygen atoms in total. The van der Waals surface area contributed by atoms with E-state index in [9.17, 15) is 9.90 Å². The average Bonchev–Trinajstić information content (AvgIpc) is 2.68. The minimum Gasteiger partial charge on any atom is -0.489 e. The van der Waals surface area contributed by atoms with Crippen LogP contribution in [0.5, 0.6) is 5.75 Å². The lowest BCUT2D eigenvalue weighted by atomic mass is 10.1. The number of hydrogen-bond acceptors (Lipinski definition) is 6. The third-order valence-corrected chi connectivity index (χ3v) is 4.26. The fourth-order valence-corrected chi connectivity index (χ4v) is 2.85. The molecule has 138 valence electrons. The monoisotopic (exact) mass is 356 g/mol. The minimum atomic E-state index is -0.451. The molecule has 0 bridgehead atoms. The molecule has 1 amide bonds. The fraction of sp³-hybridized carbons (Fsp3) is 0.421. The summed E-state index contributed by atoms with van der Waals surface area (Å²) in [4.78, 5) is 22.7. The molecular weight excluding hydrogens is 332 g/mol. The van der Waals surface area contributed by atoms with Crippen molar-refractivity contribution in [3.63, 3.8) is 0 Å². The number of amides is 1. The van der Waals surface area contributed by atoms with Gasteiger partial charge in [-0.05, 0) is 31.2 Å². The first-order valence-electron chi connectivity index (χ1n) is 8.86. The van der Waals surface area contributed by atoms with Crippen molar-refractivity contribution in [1.29, 1.82) is 0 Å². The highest BCUT2D eigenvalue weighted by Gasteiger charge is 2.25. The van der Waals surface area contributed by atoms with Crippen LogP contribution >= 0.6 is 0 Å². The summed E-state index contributed by atoms with van der Waals surface area (Å²) >= 11 is 0. The van der Waals surface area contributed by atoms with Gasteiger partial charge in [-0.1, -0.05) is 0 Å². The third kappa shape index (κ3) is 4.92. The van der Waals surface area contributed by atoms with E-state index in [1.54, 1.807) is 37.6 Å². The standard InChI is InChI=1S/C19H24N4O3/c1-14(24)11-21-18-5-4-15(12-22-18)19(25)23-9-6-16(7-10-23)26-17-3-2-8-20-13-17/h2-5,8,12-14,16,24H,6-7,9-11H2,1H3,(H,21,22)/t14-/m1/s1. The molecule has 0 aromatic carbocycles. The molecule has 26 heavy (non-hydrogen) atoms. The van der Waals surface area contributed by atoms with Crippen molar-refractivity contribution < 1.29 is 14.6 Å². The van der Waals surface area contributed by atoms with Gasteiger partial charge < -0.3 is 20.1 Å². The van der Waals surface area contributed by atoms with Crippen LogP contribution in [-0.4, -0.2) is 57.7 Å². The fourth-order valence-electron chi connectivity index (χ4n) is 2.85. The summed E-state index contributed by atoms with van der Waals surface area (Å²) in [6, 6.07) is 7.26. The quantitative estimate of drug-likeness (QED) is 0.823. The second-order valence-electron chi connectivity index (χ2n) is 6.46. The SMILES string of the molecule is C[C@@H](O)CNc1ccc(C(=O)N2CCC(Oc3cccnc3)CC2)cn1. The average molecular weight is 356 g/mol. The molecule has 2 aromatic rings. The van der Waals surface area contributed by atoms with Gasteiger partial charge in [0.15, 0.2) is 0 Å². The number of carbonyl (C=O) groups is 1. The molecule has 7 heteroatoms. The minimum absolute atomic E-state index is 0.0144. The van der Waals surface area contributed by atoms with Crippen LogP contribution in [-0.2, 0) is 0 Å². The van der Waals surface area contributed by atoms with E-state index in [-0.39, 0.29) is 12.0 Å². The Morgan fingerprint density at radius 2 is 2.15 bits per heavy atom. The Morgan fingerprint density at radius 1 is 1.35 bits per heavy atom. The number of anilines is 1. The van der Waals surface area contributed by atoms with Crippen LogP contribution in [0.1, 0.15) is 30.1 Å². The second kappa shape index (κ2) is 8.62.